The van der Waals surface area contributed by atoms with Crippen LogP contribution in [0.4, 0.5) is 18.9 Å². The third-order valence-corrected chi connectivity index (χ3v) is 2.25. The van der Waals surface area contributed by atoms with Crippen molar-refractivity contribution in [1.82, 2.24) is 0 Å². The van der Waals surface area contributed by atoms with Gasteiger partial charge in [0.1, 0.15) is 5.82 Å². The third kappa shape index (κ3) is 3.34. The zero-order valence-corrected chi connectivity index (χ0v) is 9.76. The molecule has 1 rings (SSSR count). The van der Waals surface area contributed by atoms with Gasteiger partial charge in [0.15, 0.2) is 17.9 Å². The molecule has 0 aliphatic heterocycles. The van der Waals surface area contributed by atoms with E-state index in [0.29, 0.717) is 6.07 Å². The quantitative estimate of drug-likeness (QED) is 0.642. The Morgan fingerprint density at radius 2 is 1.71 bits per heavy atom. The van der Waals surface area contributed by atoms with Gasteiger partial charge in [-0.2, -0.15) is 0 Å². The first-order valence-electron chi connectivity index (χ1n) is 4.96. The number of benzene rings is 1. The van der Waals surface area contributed by atoms with E-state index in [2.05, 4.69) is 5.32 Å². The monoisotopic (exact) mass is 249 g/mol. The highest BCUT2D eigenvalue weighted by Gasteiger charge is 2.19. The minimum absolute atomic E-state index is 0.269. The highest BCUT2D eigenvalue weighted by atomic mass is 19.2. The normalized spacial score (nSPS) is 12.9. The van der Waals surface area contributed by atoms with Crippen LogP contribution in [0.25, 0.3) is 0 Å². The van der Waals surface area contributed by atoms with Crippen molar-refractivity contribution in [3.63, 3.8) is 0 Å². The van der Waals surface area contributed by atoms with Crippen LogP contribution in [0.2, 0.25) is 0 Å². The van der Waals surface area contributed by atoms with E-state index in [9.17, 15) is 13.2 Å². The second kappa shape index (κ2) is 5.88. The predicted octanol–water partition coefficient (Wildman–Crippen LogP) is 2.52. The molecule has 0 fully saturated rings. The Labute approximate surface area is 97.5 Å². The van der Waals surface area contributed by atoms with Crippen LogP contribution in [0, 0.1) is 17.5 Å². The van der Waals surface area contributed by atoms with Crippen molar-refractivity contribution in [3.8, 4) is 0 Å². The van der Waals surface area contributed by atoms with Gasteiger partial charge >= 0.3 is 0 Å². The van der Waals surface area contributed by atoms with E-state index < -0.39 is 29.8 Å². The molecule has 0 saturated carbocycles. The lowest BCUT2D eigenvalue weighted by molar-refractivity contribution is -0.109. The summed E-state index contributed by atoms with van der Waals surface area (Å²) in [4.78, 5) is 0. The van der Waals surface area contributed by atoms with Crippen molar-refractivity contribution in [2.45, 2.75) is 19.3 Å². The van der Waals surface area contributed by atoms with Crippen LogP contribution in [0.15, 0.2) is 12.1 Å². The molecule has 0 saturated heterocycles. The Morgan fingerprint density at radius 1 is 1.12 bits per heavy atom. The minimum Gasteiger partial charge on any atom is -0.375 e. The third-order valence-electron chi connectivity index (χ3n) is 2.25. The van der Waals surface area contributed by atoms with Crippen LogP contribution in [0.1, 0.15) is 6.92 Å². The second-order valence-corrected chi connectivity index (χ2v) is 3.52. The summed E-state index contributed by atoms with van der Waals surface area (Å²) >= 11 is 0. The molecule has 0 spiro atoms. The summed E-state index contributed by atoms with van der Waals surface area (Å²) in [5.41, 5.74) is -0.269. The molecule has 17 heavy (non-hydrogen) atoms. The average Bonchev–Trinajstić information content (AvgIpc) is 2.27. The SMILES string of the molecule is COC(OC)C(C)Nc1cc(F)cc(F)c1F. The van der Waals surface area contributed by atoms with Gasteiger partial charge in [-0.25, -0.2) is 13.2 Å². The van der Waals surface area contributed by atoms with Crippen LogP contribution in [-0.2, 0) is 9.47 Å². The lowest BCUT2D eigenvalue weighted by Crippen LogP contribution is -2.34. The molecule has 1 N–H and O–H groups in total. The average molecular weight is 249 g/mol. The van der Waals surface area contributed by atoms with Crippen molar-refractivity contribution in [3.05, 3.63) is 29.6 Å². The molecule has 0 amide bonds. The van der Waals surface area contributed by atoms with Crippen molar-refractivity contribution in [1.29, 1.82) is 0 Å². The zero-order chi connectivity index (χ0) is 13.0. The van der Waals surface area contributed by atoms with Crippen molar-refractivity contribution in [2.24, 2.45) is 0 Å². The summed E-state index contributed by atoms with van der Waals surface area (Å²) in [6.07, 6.45) is -0.652. The van der Waals surface area contributed by atoms with E-state index >= 15 is 0 Å². The van der Waals surface area contributed by atoms with Gasteiger partial charge < -0.3 is 14.8 Å². The van der Waals surface area contributed by atoms with Crippen LogP contribution in [0.3, 0.4) is 0 Å². The smallest absolute Gasteiger partial charge is 0.182 e. The Morgan fingerprint density at radius 3 is 2.24 bits per heavy atom. The topological polar surface area (TPSA) is 30.5 Å². The maximum Gasteiger partial charge on any atom is 0.182 e. The van der Waals surface area contributed by atoms with Crippen LogP contribution in [-0.4, -0.2) is 26.6 Å². The molecule has 1 aromatic rings. The molecule has 6 heteroatoms. The molecule has 1 aromatic carbocycles. The van der Waals surface area contributed by atoms with Gasteiger partial charge in [0.2, 0.25) is 0 Å². The Balaban J connectivity index is 2.87. The highest BCUT2D eigenvalue weighted by Crippen LogP contribution is 2.20. The van der Waals surface area contributed by atoms with Crippen molar-refractivity contribution in [2.75, 3.05) is 19.5 Å². The maximum absolute atomic E-state index is 13.3. The van der Waals surface area contributed by atoms with Gasteiger partial charge in [0.25, 0.3) is 0 Å². The molecule has 3 nitrogen and oxygen atoms in total. The number of nitrogens with one attached hydrogen (secondary N) is 1. The van der Waals surface area contributed by atoms with E-state index in [4.69, 9.17) is 9.47 Å². The molecule has 0 bridgehead atoms. The molecule has 0 heterocycles. The predicted molar refractivity (Wildman–Crippen MR) is 57.2 cm³/mol. The molecule has 0 radical (unpaired) electrons. The van der Waals surface area contributed by atoms with Crippen LogP contribution < -0.4 is 5.32 Å². The van der Waals surface area contributed by atoms with Crippen LogP contribution in [0.5, 0.6) is 0 Å². The fourth-order valence-corrected chi connectivity index (χ4v) is 1.48. The zero-order valence-electron chi connectivity index (χ0n) is 9.76. The largest absolute Gasteiger partial charge is 0.375 e. The molecule has 1 atom stereocenters. The molecule has 0 aromatic heterocycles. The molecule has 0 aliphatic rings. The molecule has 0 aliphatic carbocycles. The number of anilines is 1. The highest BCUT2D eigenvalue weighted by molar-refractivity contribution is 5.46. The van der Waals surface area contributed by atoms with Gasteiger partial charge in [-0.3, -0.25) is 0 Å². The molecular formula is C11H14F3NO2. The fraction of sp³-hybridized carbons (Fsp3) is 0.455. The first-order valence-corrected chi connectivity index (χ1v) is 4.96. The van der Waals surface area contributed by atoms with Crippen molar-refractivity contribution >= 4 is 5.69 Å². The molecule has 1 unspecified atom stereocenters. The number of ether oxygens (including phenoxy) is 2. The van der Waals surface area contributed by atoms with Crippen LogP contribution >= 0.6 is 0 Å². The van der Waals surface area contributed by atoms with Gasteiger partial charge in [-0.15, -0.1) is 0 Å². The summed E-state index contributed by atoms with van der Waals surface area (Å²) in [5.74, 6) is -3.24. The Bertz CT molecular complexity index is 383. The molecular weight excluding hydrogens is 235 g/mol. The van der Waals surface area contributed by atoms with E-state index in [-0.39, 0.29) is 5.69 Å². The number of rotatable bonds is 5. The first kappa shape index (κ1) is 13.8. The number of hydrogen-bond donors (Lipinski definition) is 1. The summed E-state index contributed by atoms with van der Waals surface area (Å²) < 4.78 is 49.1. The number of halogens is 3. The Kier molecular flexibility index (Phi) is 4.77. The first-order chi connectivity index (χ1) is 7.99. The summed E-state index contributed by atoms with van der Waals surface area (Å²) in [6, 6.07) is 0.882. The Hall–Kier alpha value is -1.27. The number of hydrogen-bond acceptors (Lipinski definition) is 3. The second-order valence-electron chi connectivity index (χ2n) is 3.52. The maximum atomic E-state index is 13.3. The summed E-state index contributed by atoms with van der Waals surface area (Å²) in [7, 11) is 2.82. The molecule has 96 valence electrons. The van der Waals surface area contributed by atoms with E-state index in [1.807, 2.05) is 0 Å². The van der Waals surface area contributed by atoms with E-state index in [0.717, 1.165) is 6.07 Å². The lowest BCUT2D eigenvalue weighted by atomic mass is 10.2. The van der Waals surface area contributed by atoms with E-state index in [1.54, 1.807) is 6.92 Å². The minimum atomic E-state index is -1.24. The lowest BCUT2D eigenvalue weighted by Gasteiger charge is -2.23. The fourth-order valence-electron chi connectivity index (χ4n) is 1.48. The van der Waals surface area contributed by atoms with Gasteiger partial charge in [0, 0.05) is 26.4 Å². The van der Waals surface area contributed by atoms with Gasteiger partial charge in [-0.05, 0) is 6.92 Å². The standard InChI is InChI=1S/C11H14F3NO2/c1-6(11(16-2)17-3)15-9-5-7(12)4-8(13)10(9)14/h4-6,11,15H,1-3H3. The van der Waals surface area contributed by atoms with E-state index in [1.165, 1.54) is 14.2 Å². The van der Waals surface area contributed by atoms with Gasteiger partial charge in [-0.1, -0.05) is 0 Å². The summed E-state index contributed by atoms with van der Waals surface area (Å²) in [5, 5.41) is 2.59. The summed E-state index contributed by atoms with van der Waals surface area (Å²) in [6.45, 7) is 1.64. The number of methoxy groups -OCH3 is 2. The van der Waals surface area contributed by atoms with Gasteiger partial charge in [0.05, 0.1) is 11.7 Å². The van der Waals surface area contributed by atoms with Crippen molar-refractivity contribution < 1.29 is 22.6 Å².